The van der Waals surface area contributed by atoms with E-state index in [0.717, 1.165) is 16.5 Å². The van der Waals surface area contributed by atoms with Crippen LogP contribution < -0.4 is 4.72 Å². The number of hydrogen-bond donors (Lipinski definition) is 2. The van der Waals surface area contributed by atoms with Gasteiger partial charge >= 0.3 is 0 Å². The molecule has 2 aromatic rings. The standard InChI is InChI=1S/C15H21FN2O2S/c1-4-7-21(19,20)18-10-15(2,3)13-9-17-14-8-11(16)5-6-12(13)14/h5-6,8-9,17-18H,4,7,10H2,1-3H3. The Balaban J connectivity index is 2.25. The molecule has 2 rings (SSSR count). The summed E-state index contributed by atoms with van der Waals surface area (Å²) in [6, 6.07) is 4.58. The normalized spacial score (nSPS) is 13.0. The quantitative estimate of drug-likeness (QED) is 0.861. The topological polar surface area (TPSA) is 62.0 Å². The maximum atomic E-state index is 13.2. The van der Waals surface area contributed by atoms with Crippen LogP contribution in [0.2, 0.25) is 0 Å². The summed E-state index contributed by atoms with van der Waals surface area (Å²) in [6.07, 6.45) is 2.40. The number of aromatic amines is 1. The second kappa shape index (κ2) is 5.77. The van der Waals surface area contributed by atoms with Crippen LogP contribution in [0.1, 0.15) is 32.8 Å². The maximum absolute atomic E-state index is 13.2. The van der Waals surface area contributed by atoms with Crippen LogP contribution in [0.15, 0.2) is 24.4 Å². The third kappa shape index (κ3) is 3.63. The van der Waals surface area contributed by atoms with E-state index >= 15 is 0 Å². The molecule has 0 atom stereocenters. The van der Waals surface area contributed by atoms with Crippen LogP contribution >= 0.6 is 0 Å². The molecule has 2 N–H and O–H groups in total. The minimum atomic E-state index is -3.24. The first-order chi connectivity index (χ1) is 9.75. The van der Waals surface area contributed by atoms with Crippen LogP contribution in [0.25, 0.3) is 10.9 Å². The Morgan fingerprint density at radius 3 is 2.71 bits per heavy atom. The molecule has 1 aromatic heterocycles. The zero-order valence-electron chi connectivity index (χ0n) is 12.5. The number of aromatic nitrogens is 1. The second-order valence-corrected chi connectivity index (χ2v) is 7.84. The third-order valence-corrected chi connectivity index (χ3v) is 5.11. The molecule has 0 bridgehead atoms. The number of benzene rings is 1. The van der Waals surface area contributed by atoms with Crippen molar-refractivity contribution in [3.8, 4) is 0 Å². The van der Waals surface area contributed by atoms with Gasteiger partial charge in [-0.3, -0.25) is 0 Å². The molecular formula is C15H21FN2O2S. The molecule has 116 valence electrons. The molecule has 0 saturated heterocycles. The van der Waals surface area contributed by atoms with Crippen molar-refractivity contribution in [1.29, 1.82) is 0 Å². The molecule has 0 aliphatic carbocycles. The predicted molar refractivity (Wildman–Crippen MR) is 83.4 cm³/mol. The molecule has 1 heterocycles. The summed E-state index contributed by atoms with van der Waals surface area (Å²) >= 11 is 0. The minimum Gasteiger partial charge on any atom is -0.361 e. The molecule has 0 radical (unpaired) electrons. The van der Waals surface area contributed by atoms with E-state index in [1.54, 1.807) is 6.07 Å². The van der Waals surface area contributed by atoms with Crippen molar-refractivity contribution in [2.45, 2.75) is 32.6 Å². The summed E-state index contributed by atoms with van der Waals surface area (Å²) in [5, 5.41) is 0.913. The Bertz CT molecular complexity index is 735. The van der Waals surface area contributed by atoms with Crippen LogP contribution in [-0.2, 0) is 15.4 Å². The lowest BCUT2D eigenvalue weighted by molar-refractivity contribution is 0.504. The van der Waals surface area contributed by atoms with Gasteiger partial charge in [-0.2, -0.15) is 0 Å². The van der Waals surface area contributed by atoms with Gasteiger partial charge in [-0.15, -0.1) is 0 Å². The zero-order chi connectivity index (χ0) is 15.7. The zero-order valence-corrected chi connectivity index (χ0v) is 13.3. The summed E-state index contributed by atoms with van der Waals surface area (Å²) in [5.41, 5.74) is 1.29. The highest BCUT2D eigenvalue weighted by molar-refractivity contribution is 7.89. The number of halogens is 1. The summed E-state index contributed by atoms with van der Waals surface area (Å²) < 4.78 is 39.4. The monoisotopic (exact) mass is 312 g/mol. The molecular weight excluding hydrogens is 291 g/mol. The van der Waals surface area contributed by atoms with Crippen molar-refractivity contribution >= 4 is 20.9 Å². The van der Waals surface area contributed by atoms with Crippen LogP contribution in [-0.4, -0.2) is 25.7 Å². The van der Waals surface area contributed by atoms with Crippen molar-refractivity contribution in [3.05, 3.63) is 35.8 Å². The Morgan fingerprint density at radius 1 is 1.33 bits per heavy atom. The highest BCUT2D eigenvalue weighted by Crippen LogP contribution is 2.30. The Labute approximate surface area is 124 Å². The van der Waals surface area contributed by atoms with Gasteiger partial charge < -0.3 is 4.98 Å². The molecule has 21 heavy (non-hydrogen) atoms. The maximum Gasteiger partial charge on any atom is 0.211 e. The van der Waals surface area contributed by atoms with Crippen LogP contribution in [0.3, 0.4) is 0 Å². The average molecular weight is 312 g/mol. The molecule has 1 aromatic carbocycles. The fraction of sp³-hybridized carbons (Fsp3) is 0.467. The van der Waals surface area contributed by atoms with Gasteiger partial charge in [0, 0.05) is 29.1 Å². The summed E-state index contributed by atoms with van der Waals surface area (Å²) in [5.74, 6) is -0.167. The van der Waals surface area contributed by atoms with E-state index in [2.05, 4.69) is 9.71 Å². The smallest absolute Gasteiger partial charge is 0.211 e. The van der Waals surface area contributed by atoms with Gasteiger partial charge in [0.1, 0.15) is 5.82 Å². The summed E-state index contributed by atoms with van der Waals surface area (Å²) in [7, 11) is -3.24. The number of fused-ring (bicyclic) bond motifs is 1. The second-order valence-electron chi connectivity index (χ2n) is 5.92. The predicted octanol–water partition coefficient (Wildman–Crippen LogP) is 2.91. The van der Waals surface area contributed by atoms with Gasteiger partial charge in [-0.1, -0.05) is 20.8 Å². The first-order valence-electron chi connectivity index (χ1n) is 6.99. The highest BCUT2D eigenvalue weighted by Gasteiger charge is 2.26. The fourth-order valence-corrected chi connectivity index (χ4v) is 3.65. The Hall–Kier alpha value is -1.40. The lowest BCUT2D eigenvalue weighted by atomic mass is 9.85. The first kappa shape index (κ1) is 16.0. The highest BCUT2D eigenvalue weighted by atomic mass is 32.2. The molecule has 0 aliphatic rings. The van der Waals surface area contributed by atoms with Gasteiger partial charge in [0.05, 0.1) is 5.75 Å². The van der Waals surface area contributed by atoms with Gasteiger partial charge in [-0.05, 0) is 30.2 Å². The number of nitrogens with one attached hydrogen (secondary N) is 2. The fourth-order valence-electron chi connectivity index (χ4n) is 2.38. The number of hydrogen-bond acceptors (Lipinski definition) is 2. The molecule has 0 amide bonds. The lowest BCUT2D eigenvalue weighted by Gasteiger charge is -2.24. The van der Waals surface area contributed by atoms with Crippen molar-refractivity contribution in [1.82, 2.24) is 9.71 Å². The van der Waals surface area contributed by atoms with E-state index in [1.165, 1.54) is 12.1 Å². The molecule has 0 unspecified atom stereocenters. The first-order valence-corrected chi connectivity index (χ1v) is 8.65. The van der Waals surface area contributed by atoms with Crippen molar-refractivity contribution in [2.24, 2.45) is 0 Å². The molecule has 0 aliphatic heterocycles. The van der Waals surface area contributed by atoms with Crippen molar-refractivity contribution in [3.63, 3.8) is 0 Å². The van der Waals surface area contributed by atoms with E-state index in [1.807, 2.05) is 27.0 Å². The summed E-state index contributed by atoms with van der Waals surface area (Å²) in [6.45, 7) is 6.07. The number of rotatable bonds is 6. The lowest BCUT2D eigenvalue weighted by Crippen LogP contribution is -2.37. The average Bonchev–Trinajstić information content (AvgIpc) is 2.80. The Morgan fingerprint density at radius 2 is 2.05 bits per heavy atom. The molecule has 6 heteroatoms. The van der Waals surface area contributed by atoms with Crippen LogP contribution in [0, 0.1) is 5.82 Å². The van der Waals surface area contributed by atoms with Gasteiger partial charge in [-0.25, -0.2) is 17.5 Å². The molecule has 4 nitrogen and oxygen atoms in total. The van der Waals surface area contributed by atoms with Gasteiger partial charge in [0.15, 0.2) is 0 Å². The van der Waals surface area contributed by atoms with Crippen LogP contribution in [0.4, 0.5) is 4.39 Å². The largest absolute Gasteiger partial charge is 0.361 e. The van der Waals surface area contributed by atoms with Gasteiger partial charge in [0.2, 0.25) is 10.0 Å². The molecule has 0 saturated carbocycles. The van der Waals surface area contributed by atoms with E-state index in [9.17, 15) is 12.8 Å². The van der Waals surface area contributed by atoms with Crippen molar-refractivity contribution in [2.75, 3.05) is 12.3 Å². The molecule has 0 spiro atoms. The van der Waals surface area contributed by atoms with Gasteiger partial charge in [0.25, 0.3) is 0 Å². The van der Waals surface area contributed by atoms with E-state index in [-0.39, 0.29) is 11.6 Å². The van der Waals surface area contributed by atoms with Crippen molar-refractivity contribution < 1.29 is 12.8 Å². The molecule has 0 fully saturated rings. The third-order valence-electron chi connectivity index (χ3n) is 3.58. The summed E-state index contributed by atoms with van der Waals surface area (Å²) in [4.78, 5) is 3.04. The van der Waals surface area contributed by atoms with Crippen LogP contribution in [0.5, 0.6) is 0 Å². The number of H-pyrrole nitrogens is 1. The van der Waals surface area contributed by atoms with E-state index < -0.39 is 15.4 Å². The Kier molecular flexibility index (Phi) is 4.39. The number of sulfonamides is 1. The SMILES string of the molecule is CCCS(=O)(=O)NCC(C)(C)c1c[nH]c2cc(F)ccc12. The van der Waals surface area contributed by atoms with E-state index in [0.29, 0.717) is 13.0 Å². The minimum absolute atomic E-state index is 0.127. The van der Waals surface area contributed by atoms with E-state index in [4.69, 9.17) is 0 Å².